The molecule has 1 aliphatic rings. The van der Waals surface area contributed by atoms with Crippen LogP contribution in [0.5, 0.6) is 0 Å². The molecule has 182 valence electrons. The number of hydrogen-bond acceptors (Lipinski definition) is 5. The summed E-state index contributed by atoms with van der Waals surface area (Å²) in [6.07, 6.45) is 4.24. The maximum Gasteiger partial charge on any atom is 0.223 e. The number of carbonyl (C=O) groups is 1. The zero-order chi connectivity index (χ0) is 24.8. The van der Waals surface area contributed by atoms with E-state index in [1.165, 1.54) is 5.56 Å². The number of nitrogens with one attached hydrogen (secondary N) is 1. The molecule has 2 aromatic carbocycles. The Hall–Kier alpha value is -3.44. The Morgan fingerprint density at radius 1 is 1.11 bits per heavy atom. The van der Waals surface area contributed by atoms with Gasteiger partial charge in [-0.3, -0.25) is 4.79 Å². The van der Waals surface area contributed by atoms with Gasteiger partial charge in [0.2, 0.25) is 5.91 Å². The molecule has 0 radical (unpaired) electrons. The lowest BCUT2D eigenvalue weighted by Crippen LogP contribution is -2.39. The highest BCUT2D eigenvalue weighted by Crippen LogP contribution is 2.42. The van der Waals surface area contributed by atoms with Crippen molar-refractivity contribution in [2.24, 2.45) is 5.92 Å². The third-order valence-corrected chi connectivity index (χ3v) is 6.48. The van der Waals surface area contributed by atoms with E-state index in [1.807, 2.05) is 24.3 Å². The second kappa shape index (κ2) is 11.3. The van der Waals surface area contributed by atoms with Crippen LogP contribution in [0.4, 0.5) is 0 Å². The maximum atomic E-state index is 12.0. The Labute approximate surface area is 205 Å². The first-order valence-corrected chi connectivity index (χ1v) is 11.9. The van der Waals surface area contributed by atoms with Gasteiger partial charge in [-0.15, -0.1) is 0 Å². The molecule has 0 bridgehead atoms. The van der Waals surface area contributed by atoms with Crippen LogP contribution < -0.4 is 5.32 Å². The summed E-state index contributed by atoms with van der Waals surface area (Å²) >= 11 is 0. The van der Waals surface area contributed by atoms with Crippen molar-refractivity contribution in [3.63, 3.8) is 0 Å². The SMILES string of the molecule is C[C@H](O)c1nccn1[C@@H](C#Cc1ccc(-c2ccc(C3CC(C(=O)NCCO)C3)cc2)cc1)CO. The quantitative estimate of drug-likeness (QED) is 0.377. The predicted octanol–water partition coefficient (Wildman–Crippen LogP) is 2.79. The van der Waals surface area contributed by atoms with Crippen molar-refractivity contribution in [2.75, 3.05) is 19.8 Å². The lowest BCUT2D eigenvalue weighted by Gasteiger charge is -2.34. The fourth-order valence-electron chi connectivity index (χ4n) is 4.40. The largest absolute Gasteiger partial charge is 0.395 e. The number of benzene rings is 2. The molecule has 0 spiro atoms. The van der Waals surface area contributed by atoms with Crippen molar-refractivity contribution in [3.05, 3.63) is 77.9 Å². The first kappa shape index (κ1) is 24.7. The van der Waals surface area contributed by atoms with Crippen molar-refractivity contribution in [1.29, 1.82) is 0 Å². The van der Waals surface area contributed by atoms with Crippen LogP contribution in [0.2, 0.25) is 0 Å². The lowest BCUT2D eigenvalue weighted by molar-refractivity contribution is -0.128. The van der Waals surface area contributed by atoms with Gasteiger partial charge >= 0.3 is 0 Å². The highest BCUT2D eigenvalue weighted by molar-refractivity contribution is 5.79. The van der Waals surface area contributed by atoms with E-state index in [4.69, 9.17) is 5.11 Å². The van der Waals surface area contributed by atoms with Gasteiger partial charge in [0.15, 0.2) is 0 Å². The van der Waals surface area contributed by atoms with Crippen molar-refractivity contribution in [2.45, 2.75) is 37.8 Å². The van der Waals surface area contributed by atoms with Crippen LogP contribution in [0.1, 0.15) is 54.8 Å². The zero-order valence-corrected chi connectivity index (χ0v) is 19.8. The van der Waals surface area contributed by atoms with Crippen LogP contribution in [0.25, 0.3) is 11.1 Å². The smallest absolute Gasteiger partial charge is 0.223 e. The summed E-state index contributed by atoms with van der Waals surface area (Å²) in [4.78, 5) is 16.1. The number of imidazole rings is 1. The Morgan fingerprint density at radius 2 is 1.77 bits per heavy atom. The molecule has 0 aliphatic heterocycles. The van der Waals surface area contributed by atoms with E-state index in [1.54, 1.807) is 23.9 Å². The number of aliphatic hydroxyl groups is 3. The normalized spacial score (nSPS) is 18.6. The van der Waals surface area contributed by atoms with Crippen molar-refractivity contribution in [1.82, 2.24) is 14.9 Å². The van der Waals surface area contributed by atoms with E-state index in [0.717, 1.165) is 29.5 Å². The predicted molar refractivity (Wildman–Crippen MR) is 133 cm³/mol. The molecule has 4 N–H and O–H groups in total. The minimum atomic E-state index is -0.742. The fraction of sp³-hybridized carbons (Fsp3) is 0.357. The third-order valence-electron chi connectivity index (χ3n) is 6.48. The van der Waals surface area contributed by atoms with E-state index in [0.29, 0.717) is 18.3 Å². The zero-order valence-electron chi connectivity index (χ0n) is 19.8. The summed E-state index contributed by atoms with van der Waals surface area (Å²) < 4.78 is 1.69. The number of aromatic nitrogens is 2. The number of rotatable bonds is 8. The van der Waals surface area contributed by atoms with Crippen molar-refractivity contribution in [3.8, 4) is 23.0 Å². The van der Waals surface area contributed by atoms with Gasteiger partial charge in [-0.2, -0.15) is 0 Å². The third kappa shape index (κ3) is 5.80. The molecule has 7 heteroatoms. The van der Waals surface area contributed by atoms with Gasteiger partial charge in [-0.1, -0.05) is 48.2 Å². The summed E-state index contributed by atoms with van der Waals surface area (Å²) in [5.74, 6) is 7.12. The number of aliphatic hydroxyl groups excluding tert-OH is 3. The van der Waals surface area contributed by atoms with Gasteiger partial charge in [-0.05, 0) is 54.5 Å². The molecule has 7 nitrogen and oxygen atoms in total. The van der Waals surface area contributed by atoms with Crippen LogP contribution in [-0.4, -0.2) is 50.5 Å². The van der Waals surface area contributed by atoms with E-state index in [9.17, 15) is 15.0 Å². The lowest BCUT2D eigenvalue weighted by atomic mass is 9.71. The molecule has 1 fully saturated rings. The minimum absolute atomic E-state index is 0.0313. The Balaban J connectivity index is 1.37. The summed E-state index contributed by atoms with van der Waals surface area (Å²) in [5, 5.41) is 31.2. The summed E-state index contributed by atoms with van der Waals surface area (Å²) in [6.45, 7) is 1.74. The van der Waals surface area contributed by atoms with Gasteiger partial charge in [0.1, 0.15) is 18.0 Å². The second-order valence-corrected chi connectivity index (χ2v) is 8.92. The molecule has 1 heterocycles. The molecular formula is C28H31N3O4. The van der Waals surface area contributed by atoms with E-state index < -0.39 is 12.1 Å². The number of amides is 1. The molecule has 1 saturated carbocycles. The summed E-state index contributed by atoms with van der Waals surface area (Å²) in [7, 11) is 0. The Bertz CT molecular complexity index is 1180. The van der Waals surface area contributed by atoms with Gasteiger partial charge in [0, 0.05) is 30.4 Å². The van der Waals surface area contributed by atoms with Gasteiger partial charge < -0.3 is 25.2 Å². The van der Waals surface area contributed by atoms with Gasteiger partial charge in [0.25, 0.3) is 0 Å². The minimum Gasteiger partial charge on any atom is -0.395 e. The number of carbonyl (C=O) groups excluding carboxylic acids is 1. The summed E-state index contributed by atoms with van der Waals surface area (Å²) in [5.41, 5.74) is 4.27. The van der Waals surface area contributed by atoms with E-state index >= 15 is 0 Å². The first-order chi connectivity index (χ1) is 17.0. The maximum absolute atomic E-state index is 12.0. The van der Waals surface area contributed by atoms with E-state index in [2.05, 4.69) is 46.4 Å². The van der Waals surface area contributed by atoms with Gasteiger partial charge in [-0.25, -0.2) is 4.98 Å². The molecule has 1 aromatic heterocycles. The van der Waals surface area contributed by atoms with Crippen LogP contribution in [0, 0.1) is 17.8 Å². The number of nitrogens with zero attached hydrogens (tertiary/aromatic N) is 2. The van der Waals surface area contributed by atoms with E-state index in [-0.39, 0.29) is 25.0 Å². The van der Waals surface area contributed by atoms with Crippen molar-refractivity contribution >= 4 is 5.91 Å². The highest BCUT2D eigenvalue weighted by Gasteiger charge is 2.35. The monoisotopic (exact) mass is 473 g/mol. The average molecular weight is 474 g/mol. The number of hydrogen-bond donors (Lipinski definition) is 4. The summed E-state index contributed by atoms with van der Waals surface area (Å²) in [6, 6.07) is 15.9. The molecule has 1 amide bonds. The molecule has 3 aromatic rings. The fourth-order valence-corrected chi connectivity index (χ4v) is 4.40. The standard InChI is InChI=1S/C28H31N3O4/c1-19(34)27-29-12-14-31(27)26(18-33)11-4-20-2-5-21(6-3-20)22-7-9-23(10-8-22)24-16-25(17-24)28(35)30-13-15-32/h2-3,5-10,12,14,19,24-26,32-34H,13,15-18H2,1H3,(H,30,35)/t19-,24?,25?,26-/m0/s1. The van der Waals surface area contributed by atoms with Crippen molar-refractivity contribution < 1.29 is 20.1 Å². The molecule has 2 atom stereocenters. The van der Waals surface area contributed by atoms with Crippen LogP contribution in [0.15, 0.2) is 60.9 Å². The Kier molecular flexibility index (Phi) is 7.98. The molecule has 1 aliphatic carbocycles. The van der Waals surface area contributed by atoms with Gasteiger partial charge in [0.05, 0.1) is 13.2 Å². The molecule has 35 heavy (non-hydrogen) atoms. The van der Waals surface area contributed by atoms with Crippen LogP contribution in [0.3, 0.4) is 0 Å². The molecule has 0 saturated heterocycles. The van der Waals surface area contributed by atoms with Crippen LogP contribution >= 0.6 is 0 Å². The topological polar surface area (TPSA) is 108 Å². The molecular weight excluding hydrogens is 442 g/mol. The second-order valence-electron chi connectivity index (χ2n) is 8.92. The first-order valence-electron chi connectivity index (χ1n) is 11.9. The highest BCUT2D eigenvalue weighted by atomic mass is 16.3. The molecule has 4 rings (SSSR count). The van der Waals surface area contributed by atoms with Crippen LogP contribution in [-0.2, 0) is 4.79 Å². The average Bonchev–Trinajstić information content (AvgIpc) is 3.33. The molecule has 0 unspecified atom stereocenters. The Morgan fingerprint density at radius 3 is 2.37 bits per heavy atom.